The Morgan fingerprint density at radius 3 is 2.45 bits per heavy atom. The molecule has 0 spiro atoms. The van der Waals surface area contributed by atoms with Crippen molar-refractivity contribution >= 4 is 10.0 Å². The summed E-state index contributed by atoms with van der Waals surface area (Å²) >= 11 is 0. The fourth-order valence-corrected chi connectivity index (χ4v) is 3.82. The molecule has 0 saturated carbocycles. The molecule has 0 radical (unpaired) electrons. The van der Waals surface area contributed by atoms with Gasteiger partial charge in [-0.15, -0.1) is 0 Å². The number of aromatic nitrogens is 2. The van der Waals surface area contributed by atoms with Crippen LogP contribution in [0, 0.1) is 33.6 Å². The molecule has 122 valence electrons. The van der Waals surface area contributed by atoms with Crippen molar-refractivity contribution in [2.24, 2.45) is 5.92 Å². The molecule has 0 aliphatic carbocycles. The zero-order valence-corrected chi connectivity index (χ0v) is 14.5. The Morgan fingerprint density at radius 2 is 1.95 bits per heavy atom. The summed E-state index contributed by atoms with van der Waals surface area (Å²) in [6.07, 6.45) is 0. The van der Waals surface area contributed by atoms with Gasteiger partial charge in [0.25, 0.3) is 0 Å². The zero-order valence-electron chi connectivity index (χ0n) is 13.7. The SMILES string of the molecule is Cc1cc(C)n(CC(C)CNS(=O)(=O)c2cc(C)oc2C)n1. The molecule has 6 nitrogen and oxygen atoms in total. The number of furan rings is 1. The van der Waals surface area contributed by atoms with Crippen molar-refractivity contribution in [1.29, 1.82) is 0 Å². The number of hydrogen-bond acceptors (Lipinski definition) is 4. The maximum absolute atomic E-state index is 12.3. The van der Waals surface area contributed by atoms with E-state index in [9.17, 15) is 8.42 Å². The zero-order chi connectivity index (χ0) is 16.5. The Kier molecular flexibility index (Phi) is 4.77. The van der Waals surface area contributed by atoms with Gasteiger partial charge < -0.3 is 4.42 Å². The van der Waals surface area contributed by atoms with E-state index in [1.807, 2.05) is 31.5 Å². The second kappa shape index (κ2) is 6.26. The van der Waals surface area contributed by atoms with Crippen LogP contribution in [-0.2, 0) is 16.6 Å². The lowest BCUT2D eigenvalue weighted by atomic mass is 10.2. The Morgan fingerprint density at radius 1 is 1.27 bits per heavy atom. The van der Waals surface area contributed by atoms with Gasteiger partial charge in [0.2, 0.25) is 10.0 Å². The van der Waals surface area contributed by atoms with Crippen LogP contribution in [0.3, 0.4) is 0 Å². The molecule has 1 unspecified atom stereocenters. The fraction of sp³-hybridized carbons (Fsp3) is 0.533. The van der Waals surface area contributed by atoms with E-state index >= 15 is 0 Å². The largest absolute Gasteiger partial charge is 0.465 e. The third-order valence-electron chi connectivity index (χ3n) is 3.49. The van der Waals surface area contributed by atoms with Gasteiger partial charge in [-0.3, -0.25) is 4.68 Å². The first-order valence-corrected chi connectivity index (χ1v) is 8.75. The van der Waals surface area contributed by atoms with Crippen molar-refractivity contribution in [1.82, 2.24) is 14.5 Å². The monoisotopic (exact) mass is 325 g/mol. The van der Waals surface area contributed by atoms with Crippen LogP contribution >= 0.6 is 0 Å². The maximum atomic E-state index is 12.3. The van der Waals surface area contributed by atoms with Gasteiger partial charge in [-0.2, -0.15) is 5.10 Å². The van der Waals surface area contributed by atoms with Gasteiger partial charge in [0.05, 0.1) is 5.69 Å². The third-order valence-corrected chi connectivity index (χ3v) is 5.03. The molecule has 0 saturated heterocycles. The van der Waals surface area contributed by atoms with Gasteiger partial charge in [0.1, 0.15) is 16.4 Å². The van der Waals surface area contributed by atoms with Crippen molar-refractivity contribution in [3.05, 3.63) is 35.0 Å². The Hall–Kier alpha value is -1.60. The van der Waals surface area contributed by atoms with Gasteiger partial charge in [0, 0.05) is 18.8 Å². The first-order valence-electron chi connectivity index (χ1n) is 7.27. The molecule has 2 heterocycles. The summed E-state index contributed by atoms with van der Waals surface area (Å²) in [4.78, 5) is 0.211. The van der Waals surface area contributed by atoms with E-state index in [2.05, 4.69) is 9.82 Å². The third kappa shape index (κ3) is 3.78. The van der Waals surface area contributed by atoms with Crippen molar-refractivity contribution in [2.75, 3.05) is 6.54 Å². The van der Waals surface area contributed by atoms with E-state index in [1.165, 1.54) is 0 Å². The average Bonchev–Trinajstić information content (AvgIpc) is 2.90. The fourth-order valence-electron chi connectivity index (χ4n) is 2.42. The van der Waals surface area contributed by atoms with Gasteiger partial charge >= 0.3 is 0 Å². The van der Waals surface area contributed by atoms with Gasteiger partial charge in [-0.1, -0.05) is 6.92 Å². The van der Waals surface area contributed by atoms with Crippen LogP contribution in [0.2, 0.25) is 0 Å². The van der Waals surface area contributed by atoms with Crippen LogP contribution in [0.1, 0.15) is 29.8 Å². The summed E-state index contributed by atoms with van der Waals surface area (Å²) in [5.74, 6) is 1.13. The van der Waals surface area contributed by atoms with Crippen LogP contribution in [0.25, 0.3) is 0 Å². The highest BCUT2D eigenvalue weighted by molar-refractivity contribution is 7.89. The highest BCUT2D eigenvalue weighted by atomic mass is 32.2. The minimum absolute atomic E-state index is 0.126. The molecule has 2 aromatic heterocycles. The molecular weight excluding hydrogens is 302 g/mol. The number of aryl methyl sites for hydroxylation is 4. The molecule has 2 rings (SSSR count). The first-order chi connectivity index (χ1) is 10.2. The quantitative estimate of drug-likeness (QED) is 0.884. The van der Waals surface area contributed by atoms with Crippen LogP contribution < -0.4 is 4.72 Å². The summed E-state index contributed by atoms with van der Waals surface area (Å²) in [6, 6.07) is 3.55. The van der Waals surface area contributed by atoms with E-state index in [1.54, 1.807) is 19.9 Å². The molecule has 0 aromatic carbocycles. The van der Waals surface area contributed by atoms with Crippen LogP contribution in [0.4, 0.5) is 0 Å². The number of rotatable bonds is 6. The highest BCUT2D eigenvalue weighted by Crippen LogP contribution is 2.19. The van der Waals surface area contributed by atoms with E-state index in [0.29, 0.717) is 24.6 Å². The molecule has 0 amide bonds. The molecule has 1 atom stereocenters. The summed E-state index contributed by atoms with van der Waals surface area (Å²) in [5.41, 5.74) is 2.04. The molecule has 0 aliphatic heterocycles. The number of hydrogen-bond donors (Lipinski definition) is 1. The van der Waals surface area contributed by atoms with Crippen molar-refractivity contribution in [3.8, 4) is 0 Å². The van der Waals surface area contributed by atoms with E-state index in [4.69, 9.17) is 4.42 Å². The Balaban J connectivity index is 2.00. The van der Waals surface area contributed by atoms with Gasteiger partial charge in [-0.05, 0) is 45.7 Å². The van der Waals surface area contributed by atoms with Gasteiger partial charge in [-0.25, -0.2) is 13.1 Å². The minimum atomic E-state index is -3.54. The molecule has 0 fully saturated rings. The molecule has 7 heteroatoms. The van der Waals surface area contributed by atoms with Crippen molar-refractivity contribution < 1.29 is 12.8 Å². The lowest BCUT2D eigenvalue weighted by Crippen LogP contribution is -2.30. The van der Waals surface area contributed by atoms with Crippen molar-refractivity contribution in [3.63, 3.8) is 0 Å². The highest BCUT2D eigenvalue weighted by Gasteiger charge is 2.21. The van der Waals surface area contributed by atoms with Crippen LogP contribution in [0.5, 0.6) is 0 Å². The molecule has 22 heavy (non-hydrogen) atoms. The number of nitrogens with zero attached hydrogens (tertiary/aromatic N) is 2. The molecule has 1 N–H and O–H groups in total. The van der Waals surface area contributed by atoms with E-state index in [-0.39, 0.29) is 10.8 Å². The predicted molar refractivity (Wildman–Crippen MR) is 84.2 cm³/mol. The summed E-state index contributed by atoms with van der Waals surface area (Å²) < 4.78 is 34.4. The summed E-state index contributed by atoms with van der Waals surface area (Å²) in [5, 5.41) is 4.39. The lowest BCUT2D eigenvalue weighted by molar-refractivity contribution is 0.435. The average molecular weight is 325 g/mol. The Labute approximate surface area is 131 Å². The summed E-state index contributed by atoms with van der Waals surface area (Å²) in [6.45, 7) is 10.3. The predicted octanol–water partition coefficient (Wildman–Crippen LogP) is 2.32. The number of nitrogens with one attached hydrogen (secondary N) is 1. The topological polar surface area (TPSA) is 77.1 Å². The van der Waals surface area contributed by atoms with E-state index in [0.717, 1.165) is 11.4 Å². The van der Waals surface area contributed by atoms with Crippen LogP contribution in [-0.4, -0.2) is 24.7 Å². The maximum Gasteiger partial charge on any atom is 0.244 e. The van der Waals surface area contributed by atoms with Crippen molar-refractivity contribution in [2.45, 2.75) is 46.1 Å². The molecule has 2 aromatic rings. The summed E-state index contributed by atoms with van der Waals surface area (Å²) in [7, 11) is -3.54. The normalized spacial score (nSPS) is 13.5. The molecular formula is C15H23N3O3S. The smallest absolute Gasteiger partial charge is 0.244 e. The van der Waals surface area contributed by atoms with Crippen LogP contribution in [0.15, 0.2) is 21.4 Å². The second-order valence-corrected chi connectivity index (χ2v) is 7.58. The second-order valence-electron chi connectivity index (χ2n) is 5.84. The Bertz CT molecular complexity index is 759. The molecule has 0 bridgehead atoms. The van der Waals surface area contributed by atoms with E-state index < -0.39 is 10.0 Å². The van der Waals surface area contributed by atoms with Gasteiger partial charge in [0.15, 0.2) is 0 Å². The first kappa shape index (κ1) is 16.8. The molecule has 0 aliphatic rings. The minimum Gasteiger partial charge on any atom is -0.465 e. The standard InChI is InChI=1S/C15H23N3O3S/c1-10(9-18-12(3)6-11(2)17-18)8-16-22(19,20)15-7-13(4)21-14(15)5/h6-7,10,16H,8-9H2,1-5H3. The lowest BCUT2D eigenvalue weighted by Gasteiger charge is -2.14. The number of sulfonamides is 1.